The van der Waals surface area contributed by atoms with Crippen LogP contribution >= 0.6 is 11.3 Å². The molecule has 122 valence electrons. The van der Waals surface area contributed by atoms with Gasteiger partial charge < -0.3 is 9.47 Å². The van der Waals surface area contributed by atoms with Crippen molar-refractivity contribution >= 4 is 27.4 Å². The van der Waals surface area contributed by atoms with E-state index in [1.165, 1.54) is 18.4 Å². The number of rotatable bonds is 4. The van der Waals surface area contributed by atoms with Crippen LogP contribution in [0.4, 0.5) is 0 Å². The van der Waals surface area contributed by atoms with Crippen molar-refractivity contribution in [1.82, 2.24) is 4.98 Å². The fraction of sp³-hybridized carbons (Fsp3) is 0.167. The van der Waals surface area contributed by atoms with Gasteiger partial charge in [0.15, 0.2) is 0 Å². The van der Waals surface area contributed by atoms with Gasteiger partial charge in [-0.25, -0.2) is 0 Å². The van der Waals surface area contributed by atoms with Crippen LogP contribution in [0.5, 0.6) is 11.5 Å². The molecule has 5 nitrogen and oxygen atoms in total. The summed E-state index contributed by atoms with van der Waals surface area (Å²) in [7, 11) is 1.52. The third-order valence-corrected chi connectivity index (χ3v) is 4.53. The maximum Gasteiger partial charge on any atom is 0.310 e. The number of hydrogen-bond acceptors (Lipinski definition) is 6. The fourth-order valence-electron chi connectivity index (χ4n) is 2.24. The van der Waals surface area contributed by atoms with Crippen LogP contribution in [0.15, 0.2) is 47.3 Å². The maximum absolute atomic E-state index is 12.2. The van der Waals surface area contributed by atoms with Gasteiger partial charge in [0.25, 0.3) is 5.56 Å². The van der Waals surface area contributed by atoms with Crippen molar-refractivity contribution in [2.45, 2.75) is 13.3 Å². The SMILES string of the molecule is CCC(=O)Oc1ccc(-c2nc(=O)c3ccccc3s2)c(OC)c1. The minimum atomic E-state index is -0.321. The first-order valence-corrected chi connectivity index (χ1v) is 8.23. The number of carbonyl (C=O) groups is 1. The van der Waals surface area contributed by atoms with E-state index < -0.39 is 0 Å². The fourth-order valence-corrected chi connectivity index (χ4v) is 3.27. The van der Waals surface area contributed by atoms with Crippen LogP contribution < -0.4 is 15.0 Å². The molecule has 6 heteroatoms. The molecular formula is C18H15NO4S. The van der Waals surface area contributed by atoms with Crippen LogP contribution in [0.25, 0.3) is 20.7 Å². The second kappa shape index (κ2) is 6.80. The molecular weight excluding hydrogens is 326 g/mol. The van der Waals surface area contributed by atoms with E-state index in [2.05, 4.69) is 4.98 Å². The number of esters is 1. The Kier molecular flexibility index (Phi) is 4.57. The Bertz CT molecular complexity index is 965. The smallest absolute Gasteiger partial charge is 0.310 e. The number of aromatic nitrogens is 1. The highest BCUT2D eigenvalue weighted by molar-refractivity contribution is 7.21. The predicted molar refractivity (Wildman–Crippen MR) is 93.8 cm³/mol. The van der Waals surface area contributed by atoms with Crippen LogP contribution in [0.2, 0.25) is 0 Å². The zero-order valence-corrected chi connectivity index (χ0v) is 14.1. The molecule has 0 N–H and O–H groups in total. The van der Waals surface area contributed by atoms with Gasteiger partial charge in [-0.3, -0.25) is 9.59 Å². The van der Waals surface area contributed by atoms with Crippen LogP contribution in [0, 0.1) is 0 Å². The van der Waals surface area contributed by atoms with E-state index in [0.29, 0.717) is 27.5 Å². The monoisotopic (exact) mass is 341 g/mol. The van der Waals surface area contributed by atoms with Crippen molar-refractivity contribution in [3.63, 3.8) is 0 Å². The van der Waals surface area contributed by atoms with E-state index in [0.717, 1.165) is 4.70 Å². The van der Waals surface area contributed by atoms with Gasteiger partial charge in [0.05, 0.1) is 18.1 Å². The van der Waals surface area contributed by atoms with Gasteiger partial charge >= 0.3 is 5.97 Å². The number of hydrogen-bond donors (Lipinski definition) is 0. The molecule has 0 radical (unpaired) electrons. The summed E-state index contributed by atoms with van der Waals surface area (Å²) in [6, 6.07) is 12.4. The number of benzene rings is 2. The first-order valence-electron chi connectivity index (χ1n) is 7.41. The zero-order chi connectivity index (χ0) is 17.1. The van der Waals surface area contributed by atoms with Crippen molar-refractivity contribution in [3.8, 4) is 22.1 Å². The maximum atomic E-state index is 12.2. The Morgan fingerprint density at radius 3 is 2.75 bits per heavy atom. The molecule has 0 amide bonds. The summed E-state index contributed by atoms with van der Waals surface area (Å²) in [5, 5.41) is 1.16. The topological polar surface area (TPSA) is 65.5 Å². The Morgan fingerprint density at radius 2 is 2.00 bits per heavy atom. The summed E-state index contributed by atoms with van der Waals surface area (Å²) in [5.74, 6) is 0.573. The third kappa shape index (κ3) is 3.14. The zero-order valence-electron chi connectivity index (χ0n) is 13.2. The largest absolute Gasteiger partial charge is 0.496 e. The summed E-state index contributed by atoms with van der Waals surface area (Å²) < 4.78 is 11.4. The molecule has 0 atom stereocenters. The standard InChI is InChI=1S/C18H15NO4S/c1-3-16(20)23-11-8-9-12(14(10-11)22-2)18-19-17(21)13-6-4-5-7-15(13)24-18/h4-10H,3H2,1-2H3. The molecule has 3 aromatic rings. The average molecular weight is 341 g/mol. The van der Waals surface area contributed by atoms with Crippen LogP contribution in [0.1, 0.15) is 13.3 Å². The molecule has 0 bridgehead atoms. The average Bonchev–Trinajstić information content (AvgIpc) is 2.61. The number of nitrogens with zero attached hydrogens (tertiary/aromatic N) is 1. The Morgan fingerprint density at radius 1 is 1.21 bits per heavy atom. The molecule has 0 saturated carbocycles. The van der Waals surface area contributed by atoms with Crippen molar-refractivity contribution < 1.29 is 14.3 Å². The molecule has 0 fully saturated rings. The minimum absolute atomic E-state index is 0.275. The van der Waals surface area contributed by atoms with Gasteiger partial charge in [-0.05, 0) is 24.3 Å². The van der Waals surface area contributed by atoms with Crippen LogP contribution in [-0.2, 0) is 4.79 Å². The molecule has 2 aromatic carbocycles. The Balaban J connectivity index is 2.09. The molecule has 0 aliphatic heterocycles. The first kappa shape index (κ1) is 16.1. The number of ether oxygens (including phenoxy) is 2. The Labute approximate surface area is 142 Å². The van der Waals surface area contributed by atoms with Crippen molar-refractivity contribution in [2.75, 3.05) is 7.11 Å². The van der Waals surface area contributed by atoms with E-state index in [1.807, 2.05) is 18.2 Å². The van der Waals surface area contributed by atoms with Gasteiger partial charge in [-0.2, -0.15) is 4.98 Å². The highest BCUT2D eigenvalue weighted by atomic mass is 32.1. The molecule has 0 spiro atoms. The molecule has 1 heterocycles. The molecule has 24 heavy (non-hydrogen) atoms. The van der Waals surface area contributed by atoms with Gasteiger partial charge in [-0.1, -0.05) is 19.1 Å². The van der Waals surface area contributed by atoms with Crippen molar-refractivity contribution in [2.24, 2.45) is 0 Å². The summed E-state index contributed by atoms with van der Waals surface area (Å²) in [5.41, 5.74) is 0.407. The number of methoxy groups -OCH3 is 1. The van der Waals surface area contributed by atoms with Crippen molar-refractivity contribution in [1.29, 1.82) is 0 Å². The summed E-state index contributed by atoms with van der Waals surface area (Å²) >= 11 is 1.41. The highest BCUT2D eigenvalue weighted by Crippen LogP contribution is 2.35. The Hall–Kier alpha value is -2.73. The molecule has 0 aliphatic carbocycles. The van der Waals surface area contributed by atoms with Gasteiger partial charge in [0.1, 0.15) is 16.5 Å². The normalized spacial score (nSPS) is 10.6. The predicted octanol–water partition coefficient (Wildman–Crippen LogP) is 3.65. The lowest BCUT2D eigenvalue weighted by atomic mass is 10.2. The van der Waals surface area contributed by atoms with E-state index in [1.54, 1.807) is 31.2 Å². The number of carbonyl (C=O) groups excluding carboxylic acids is 1. The quantitative estimate of drug-likeness (QED) is 0.535. The first-order chi connectivity index (χ1) is 11.6. The lowest BCUT2D eigenvalue weighted by Gasteiger charge is -2.10. The highest BCUT2D eigenvalue weighted by Gasteiger charge is 2.13. The molecule has 1 aromatic heterocycles. The number of fused-ring (bicyclic) bond motifs is 1. The lowest BCUT2D eigenvalue weighted by Crippen LogP contribution is -2.07. The second-order valence-corrected chi connectivity index (χ2v) is 6.04. The molecule has 0 saturated heterocycles. The summed E-state index contributed by atoms with van der Waals surface area (Å²) in [6.45, 7) is 1.73. The van der Waals surface area contributed by atoms with Gasteiger partial charge in [0.2, 0.25) is 0 Å². The van der Waals surface area contributed by atoms with E-state index in [4.69, 9.17) is 9.47 Å². The third-order valence-electron chi connectivity index (χ3n) is 3.45. The summed E-state index contributed by atoms with van der Waals surface area (Å²) in [6.07, 6.45) is 0.290. The van der Waals surface area contributed by atoms with E-state index in [-0.39, 0.29) is 17.9 Å². The van der Waals surface area contributed by atoms with E-state index in [9.17, 15) is 9.59 Å². The molecule has 0 aliphatic rings. The lowest BCUT2D eigenvalue weighted by molar-refractivity contribution is -0.134. The van der Waals surface area contributed by atoms with Crippen LogP contribution in [0.3, 0.4) is 0 Å². The van der Waals surface area contributed by atoms with Gasteiger partial charge in [0, 0.05) is 17.2 Å². The van der Waals surface area contributed by atoms with Crippen LogP contribution in [-0.4, -0.2) is 18.1 Å². The van der Waals surface area contributed by atoms with Crippen molar-refractivity contribution in [3.05, 3.63) is 52.8 Å². The van der Waals surface area contributed by atoms with E-state index >= 15 is 0 Å². The minimum Gasteiger partial charge on any atom is -0.496 e. The summed E-state index contributed by atoms with van der Waals surface area (Å²) in [4.78, 5) is 27.8. The van der Waals surface area contributed by atoms with Gasteiger partial charge in [-0.15, -0.1) is 11.3 Å². The molecule has 0 unspecified atom stereocenters. The second-order valence-electron chi connectivity index (χ2n) is 5.01. The molecule has 3 rings (SSSR count).